The normalized spacial score (nSPS) is 13.2. The van der Waals surface area contributed by atoms with E-state index >= 15 is 0 Å². The molecule has 0 unspecified atom stereocenters. The lowest BCUT2D eigenvalue weighted by atomic mass is 9.82. The molecule has 3 nitrogen and oxygen atoms in total. The standard InChI is InChI=1S/C41H25N3S/c1-41(2)34-13-6-4-10-28(34)30-21-33-32-19-24(15-18-38(32)45-39(33)22-35(30)41)27-12-8-9-25(23-42)40(27)44-36-14-7-5-11-29(36)31-20-26(43-3)16-17-37(31)44/h4-22H,1-2H3. The second-order valence-electron chi connectivity index (χ2n) is 12.4. The maximum absolute atomic E-state index is 10.4. The van der Waals surface area contributed by atoms with Gasteiger partial charge in [-0.15, -0.1) is 11.3 Å². The van der Waals surface area contributed by atoms with Crippen molar-refractivity contribution in [2.24, 2.45) is 0 Å². The van der Waals surface area contributed by atoms with Crippen LogP contribution >= 0.6 is 11.3 Å². The molecule has 0 aliphatic heterocycles. The summed E-state index contributed by atoms with van der Waals surface area (Å²) >= 11 is 1.85. The first-order valence-electron chi connectivity index (χ1n) is 15.0. The Morgan fingerprint density at radius 2 is 1.44 bits per heavy atom. The summed E-state index contributed by atoms with van der Waals surface area (Å²) in [4.78, 5) is 3.69. The molecule has 2 heterocycles. The minimum absolute atomic E-state index is 0.0358. The largest absolute Gasteiger partial charge is 0.307 e. The fraction of sp³-hybridized carbons (Fsp3) is 0.0732. The monoisotopic (exact) mass is 591 g/mol. The van der Waals surface area contributed by atoms with Gasteiger partial charge in [0, 0.05) is 36.5 Å². The zero-order valence-corrected chi connectivity index (χ0v) is 25.5. The molecule has 0 atom stereocenters. The summed E-state index contributed by atoms with van der Waals surface area (Å²) < 4.78 is 4.75. The van der Waals surface area contributed by atoms with Gasteiger partial charge in [-0.2, -0.15) is 5.26 Å². The molecule has 6 aromatic carbocycles. The molecular weight excluding hydrogens is 567 g/mol. The highest BCUT2D eigenvalue weighted by Crippen LogP contribution is 2.51. The van der Waals surface area contributed by atoms with E-state index in [1.54, 1.807) is 0 Å². The molecule has 45 heavy (non-hydrogen) atoms. The smallest absolute Gasteiger partial charge is 0.188 e. The molecule has 4 heteroatoms. The Kier molecular flexibility index (Phi) is 5.25. The highest BCUT2D eigenvalue weighted by Gasteiger charge is 2.35. The number of hydrogen-bond donors (Lipinski definition) is 0. The molecule has 0 amide bonds. The van der Waals surface area contributed by atoms with Gasteiger partial charge in [-0.25, -0.2) is 4.85 Å². The van der Waals surface area contributed by atoms with Crippen molar-refractivity contribution in [1.29, 1.82) is 5.26 Å². The van der Waals surface area contributed by atoms with Crippen molar-refractivity contribution in [3.05, 3.63) is 143 Å². The lowest BCUT2D eigenvalue weighted by Crippen LogP contribution is -2.14. The van der Waals surface area contributed by atoms with Gasteiger partial charge in [-0.1, -0.05) is 80.6 Å². The van der Waals surface area contributed by atoms with E-state index in [9.17, 15) is 5.26 Å². The summed E-state index contributed by atoms with van der Waals surface area (Å²) in [6, 6.07) is 42.9. The predicted molar refractivity (Wildman–Crippen MR) is 188 cm³/mol. The van der Waals surface area contributed by atoms with Crippen LogP contribution < -0.4 is 0 Å². The van der Waals surface area contributed by atoms with Crippen molar-refractivity contribution in [1.82, 2.24) is 4.57 Å². The van der Waals surface area contributed by atoms with Gasteiger partial charge in [0.2, 0.25) is 0 Å². The van der Waals surface area contributed by atoms with Crippen LogP contribution in [0.4, 0.5) is 5.69 Å². The Balaban J connectivity index is 1.32. The summed E-state index contributed by atoms with van der Waals surface area (Å²) in [6.45, 7) is 12.2. The molecule has 0 bridgehead atoms. The highest BCUT2D eigenvalue weighted by molar-refractivity contribution is 7.25. The van der Waals surface area contributed by atoms with Crippen LogP contribution in [0.15, 0.2) is 115 Å². The molecule has 210 valence electrons. The molecular formula is C41H25N3S. The third-order valence-corrected chi connectivity index (χ3v) is 10.8. The lowest BCUT2D eigenvalue weighted by molar-refractivity contribution is 0.661. The maximum Gasteiger partial charge on any atom is 0.188 e. The van der Waals surface area contributed by atoms with Crippen molar-refractivity contribution in [3.8, 4) is 34.0 Å². The summed E-state index contributed by atoms with van der Waals surface area (Å²) in [5.41, 5.74) is 11.5. The van der Waals surface area contributed by atoms with Gasteiger partial charge >= 0.3 is 0 Å². The van der Waals surface area contributed by atoms with Gasteiger partial charge in [-0.3, -0.25) is 0 Å². The third kappa shape index (κ3) is 3.49. The fourth-order valence-corrected chi connectivity index (χ4v) is 8.62. The Labute approximate surface area is 264 Å². The van der Waals surface area contributed by atoms with Gasteiger partial charge in [0.15, 0.2) is 5.69 Å². The van der Waals surface area contributed by atoms with Gasteiger partial charge in [0.25, 0.3) is 0 Å². The number of rotatable bonds is 2. The van der Waals surface area contributed by atoms with Crippen LogP contribution in [0.2, 0.25) is 0 Å². The first-order valence-corrected chi connectivity index (χ1v) is 15.8. The van der Waals surface area contributed by atoms with Crippen molar-refractivity contribution < 1.29 is 0 Å². The highest BCUT2D eigenvalue weighted by atomic mass is 32.1. The number of thiophene rings is 1. The average Bonchev–Trinajstić information content (AvgIpc) is 3.68. The van der Waals surface area contributed by atoms with Crippen LogP contribution in [-0.2, 0) is 5.41 Å². The second-order valence-corrected chi connectivity index (χ2v) is 13.4. The summed E-state index contributed by atoms with van der Waals surface area (Å²) in [5.74, 6) is 0. The first-order chi connectivity index (χ1) is 22.0. The van der Waals surface area contributed by atoms with E-state index in [0.717, 1.165) is 38.6 Å². The SMILES string of the molecule is [C-]#[N+]c1ccc2c(c1)c1ccccc1n2-c1c(C#N)cccc1-c1ccc2sc3cc4c(cc3c2c1)-c1ccccc1C4(C)C. The summed E-state index contributed by atoms with van der Waals surface area (Å²) in [7, 11) is 0. The number of para-hydroxylation sites is 2. The lowest BCUT2D eigenvalue weighted by Gasteiger charge is -2.21. The predicted octanol–water partition coefficient (Wildman–Crippen LogP) is 11.5. The maximum atomic E-state index is 10.4. The number of aromatic nitrogens is 1. The van der Waals surface area contributed by atoms with Crippen molar-refractivity contribution in [2.75, 3.05) is 0 Å². The third-order valence-electron chi connectivity index (χ3n) is 9.65. The molecule has 1 aliphatic rings. The molecule has 0 saturated heterocycles. The number of hydrogen-bond acceptors (Lipinski definition) is 2. The topological polar surface area (TPSA) is 33.1 Å². The zero-order valence-electron chi connectivity index (χ0n) is 24.7. The molecule has 0 spiro atoms. The average molecular weight is 592 g/mol. The van der Waals surface area contributed by atoms with Crippen LogP contribution in [0.25, 0.3) is 74.8 Å². The Bertz CT molecular complexity index is 2650. The van der Waals surface area contributed by atoms with E-state index in [4.69, 9.17) is 6.57 Å². The molecule has 8 aromatic rings. The Hall–Kier alpha value is -5.68. The van der Waals surface area contributed by atoms with E-state index in [0.29, 0.717) is 11.3 Å². The fourth-order valence-electron chi connectivity index (χ4n) is 7.52. The second kappa shape index (κ2) is 9.16. The summed E-state index contributed by atoms with van der Waals surface area (Å²) in [6.07, 6.45) is 0. The molecule has 0 fully saturated rings. The molecule has 1 aliphatic carbocycles. The van der Waals surface area contributed by atoms with E-state index < -0.39 is 0 Å². The van der Waals surface area contributed by atoms with Crippen LogP contribution in [0.5, 0.6) is 0 Å². The molecule has 0 N–H and O–H groups in total. The van der Waals surface area contributed by atoms with Gasteiger partial charge < -0.3 is 4.57 Å². The van der Waals surface area contributed by atoms with Gasteiger partial charge in [0.1, 0.15) is 6.07 Å². The minimum Gasteiger partial charge on any atom is -0.307 e. The minimum atomic E-state index is -0.0358. The first kappa shape index (κ1) is 25.8. The van der Waals surface area contributed by atoms with E-state index in [-0.39, 0.29) is 5.41 Å². The Morgan fingerprint density at radius 1 is 0.667 bits per heavy atom. The number of nitrogens with zero attached hydrogens (tertiary/aromatic N) is 3. The molecule has 2 aromatic heterocycles. The van der Waals surface area contributed by atoms with E-state index in [1.807, 2.05) is 53.8 Å². The van der Waals surface area contributed by atoms with Crippen LogP contribution in [-0.4, -0.2) is 4.57 Å². The zero-order chi connectivity index (χ0) is 30.4. The van der Waals surface area contributed by atoms with Gasteiger partial charge in [0.05, 0.1) is 28.9 Å². The Morgan fingerprint density at radius 3 is 2.31 bits per heavy atom. The quantitative estimate of drug-likeness (QED) is 0.184. The molecule has 0 saturated carbocycles. The van der Waals surface area contributed by atoms with Crippen LogP contribution in [0.3, 0.4) is 0 Å². The van der Waals surface area contributed by atoms with Crippen LogP contribution in [0, 0.1) is 17.9 Å². The van der Waals surface area contributed by atoms with Crippen molar-refractivity contribution >= 4 is 59.0 Å². The molecule has 9 rings (SSSR count). The van der Waals surface area contributed by atoms with Gasteiger partial charge in [-0.05, 0) is 81.7 Å². The molecule has 0 radical (unpaired) electrons. The van der Waals surface area contributed by atoms with Crippen molar-refractivity contribution in [2.45, 2.75) is 19.3 Å². The van der Waals surface area contributed by atoms with Crippen LogP contribution in [0.1, 0.15) is 30.5 Å². The number of fused-ring (bicyclic) bond motifs is 9. The number of nitriles is 1. The number of benzene rings is 6. The van der Waals surface area contributed by atoms with Crippen molar-refractivity contribution in [3.63, 3.8) is 0 Å². The van der Waals surface area contributed by atoms with E-state index in [2.05, 4.69) is 102 Å². The summed E-state index contributed by atoms with van der Waals surface area (Å²) in [5, 5.41) is 15.0. The van der Waals surface area contributed by atoms with E-state index in [1.165, 1.54) is 42.4 Å².